The number of hydrogen-bond acceptors (Lipinski definition) is 2. The Labute approximate surface area is 123 Å². The Hall–Kier alpha value is -1.75. The summed E-state index contributed by atoms with van der Waals surface area (Å²) in [5.41, 5.74) is 3.09. The Balaban J connectivity index is 2.44. The van der Waals surface area contributed by atoms with Crippen molar-refractivity contribution in [2.24, 2.45) is 0 Å². The zero-order chi connectivity index (χ0) is 15.6. The summed E-state index contributed by atoms with van der Waals surface area (Å²) in [6.07, 6.45) is 0.802. The van der Waals surface area contributed by atoms with Gasteiger partial charge in [0.05, 0.1) is 18.3 Å². The Bertz CT molecular complexity index is 615. The van der Waals surface area contributed by atoms with E-state index in [2.05, 4.69) is 5.10 Å². The molecule has 114 valence electrons. The van der Waals surface area contributed by atoms with E-state index in [0.29, 0.717) is 18.4 Å². The fourth-order valence-electron chi connectivity index (χ4n) is 2.69. The SMILES string of the molecule is CCc1nn(Cc2cc(F)cc(F)c2)c(CC)c1C(C)O. The summed E-state index contributed by atoms with van der Waals surface area (Å²) in [6, 6.07) is 3.46. The monoisotopic (exact) mass is 294 g/mol. The summed E-state index contributed by atoms with van der Waals surface area (Å²) in [5, 5.41) is 14.4. The van der Waals surface area contributed by atoms with Gasteiger partial charge in [0, 0.05) is 17.3 Å². The van der Waals surface area contributed by atoms with Crippen molar-refractivity contribution in [1.29, 1.82) is 0 Å². The maximum Gasteiger partial charge on any atom is 0.126 e. The van der Waals surface area contributed by atoms with Crippen molar-refractivity contribution < 1.29 is 13.9 Å². The van der Waals surface area contributed by atoms with E-state index in [1.807, 2.05) is 13.8 Å². The second-order valence-electron chi connectivity index (χ2n) is 5.13. The van der Waals surface area contributed by atoms with Crippen LogP contribution in [-0.4, -0.2) is 14.9 Å². The van der Waals surface area contributed by atoms with E-state index in [9.17, 15) is 13.9 Å². The van der Waals surface area contributed by atoms with Gasteiger partial charge in [-0.05, 0) is 37.5 Å². The summed E-state index contributed by atoms with van der Waals surface area (Å²) in [5.74, 6) is -1.19. The molecule has 0 aliphatic rings. The molecule has 3 nitrogen and oxygen atoms in total. The molecule has 21 heavy (non-hydrogen) atoms. The fraction of sp³-hybridized carbons (Fsp3) is 0.438. The third-order valence-electron chi connectivity index (χ3n) is 3.52. The van der Waals surface area contributed by atoms with Crippen LogP contribution in [0.3, 0.4) is 0 Å². The van der Waals surface area contributed by atoms with Gasteiger partial charge in [0.25, 0.3) is 0 Å². The minimum absolute atomic E-state index is 0.289. The Morgan fingerprint density at radius 3 is 2.24 bits per heavy atom. The number of halogens is 2. The molecular weight excluding hydrogens is 274 g/mol. The van der Waals surface area contributed by atoms with Gasteiger partial charge in [-0.15, -0.1) is 0 Å². The van der Waals surface area contributed by atoms with Gasteiger partial charge >= 0.3 is 0 Å². The van der Waals surface area contributed by atoms with E-state index in [1.54, 1.807) is 11.6 Å². The number of aryl methyl sites for hydroxylation is 1. The average molecular weight is 294 g/mol. The molecule has 5 heteroatoms. The Kier molecular flexibility index (Phi) is 4.73. The van der Waals surface area contributed by atoms with Crippen LogP contribution in [0.15, 0.2) is 18.2 Å². The Morgan fingerprint density at radius 1 is 1.14 bits per heavy atom. The van der Waals surface area contributed by atoms with Gasteiger partial charge in [-0.2, -0.15) is 5.10 Å². The molecule has 1 aromatic carbocycles. The first-order chi connectivity index (χ1) is 9.96. The number of rotatable bonds is 5. The van der Waals surface area contributed by atoms with Crippen LogP contribution in [0.2, 0.25) is 0 Å². The van der Waals surface area contributed by atoms with Crippen molar-refractivity contribution in [2.75, 3.05) is 0 Å². The number of aliphatic hydroxyl groups excluding tert-OH is 1. The molecule has 0 bridgehead atoms. The molecule has 1 N–H and O–H groups in total. The summed E-state index contributed by atoms with van der Waals surface area (Å²) in [7, 11) is 0. The lowest BCUT2D eigenvalue weighted by Crippen LogP contribution is -2.08. The molecule has 0 spiro atoms. The molecule has 0 saturated heterocycles. The van der Waals surface area contributed by atoms with Gasteiger partial charge in [0.2, 0.25) is 0 Å². The standard InChI is InChI=1S/C16H20F2N2O/c1-4-14-16(10(3)21)15(5-2)20(19-14)9-11-6-12(17)8-13(18)7-11/h6-8,10,21H,4-5,9H2,1-3H3. The lowest BCUT2D eigenvalue weighted by Gasteiger charge is -2.10. The first kappa shape index (κ1) is 15.6. The molecule has 1 aromatic heterocycles. The quantitative estimate of drug-likeness (QED) is 0.918. The van der Waals surface area contributed by atoms with Crippen molar-refractivity contribution in [3.63, 3.8) is 0 Å². The van der Waals surface area contributed by atoms with E-state index in [4.69, 9.17) is 0 Å². The van der Waals surface area contributed by atoms with Crippen molar-refractivity contribution >= 4 is 0 Å². The number of aliphatic hydroxyl groups is 1. The third kappa shape index (κ3) is 3.29. The highest BCUT2D eigenvalue weighted by Crippen LogP contribution is 2.24. The third-order valence-corrected chi connectivity index (χ3v) is 3.52. The number of nitrogens with zero attached hydrogens (tertiary/aromatic N) is 2. The van der Waals surface area contributed by atoms with Crippen LogP contribution in [0.1, 0.15) is 49.4 Å². The van der Waals surface area contributed by atoms with Crippen LogP contribution in [0.5, 0.6) is 0 Å². The summed E-state index contributed by atoms with van der Waals surface area (Å²) in [6.45, 7) is 5.95. The molecule has 0 amide bonds. The second kappa shape index (κ2) is 6.35. The van der Waals surface area contributed by atoms with E-state index in [-0.39, 0.29) is 6.54 Å². The summed E-state index contributed by atoms with van der Waals surface area (Å²) >= 11 is 0. The zero-order valence-corrected chi connectivity index (χ0v) is 12.5. The highest BCUT2D eigenvalue weighted by molar-refractivity contribution is 5.30. The van der Waals surface area contributed by atoms with Crippen LogP contribution in [0.4, 0.5) is 8.78 Å². The predicted molar refractivity (Wildman–Crippen MR) is 77.1 cm³/mol. The molecule has 0 saturated carbocycles. The highest BCUT2D eigenvalue weighted by Gasteiger charge is 2.19. The van der Waals surface area contributed by atoms with E-state index in [0.717, 1.165) is 23.0 Å². The van der Waals surface area contributed by atoms with E-state index in [1.165, 1.54) is 12.1 Å². The minimum atomic E-state index is -0.604. The summed E-state index contributed by atoms with van der Waals surface area (Å²) < 4.78 is 28.3. The van der Waals surface area contributed by atoms with E-state index >= 15 is 0 Å². The van der Waals surface area contributed by atoms with Crippen molar-refractivity contribution in [3.05, 3.63) is 52.3 Å². The largest absolute Gasteiger partial charge is 0.389 e. The normalized spacial score (nSPS) is 12.7. The van der Waals surface area contributed by atoms with Crippen LogP contribution in [-0.2, 0) is 19.4 Å². The number of hydrogen-bond donors (Lipinski definition) is 1. The fourth-order valence-corrected chi connectivity index (χ4v) is 2.69. The zero-order valence-electron chi connectivity index (χ0n) is 12.5. The topological polar surface area (TPSA) is 38.0 Å². The molecule has 0 aliphatic carbocycles. The number of benzene rings is 1. The van der Waals surface area contributed by atoms with Gasteiger partial charge in [-0.25, -0.2) is 8.78 Å². The highest BCUT2D eigenvalue weighted by atomic mass is 19.1. The van der Waals surface area contributed by atoms with Crippen LogP contribution in [0.25, 0.3) is 0 Å². The molecule has 1 atom stereocenters. The molecule has 2 rings (SSSR count). The number of aromatic nitrogens is 2. The maximum atomic E-state index is 13.3. The molecule has 0 fully saturated rings. The van der Waals surface area contributed by atoms with Crippen LogP contribution < -0.4 is 0 Å². The molecule has 2 aromatic rings. The summed E-state index contributed by atoms with van der Waals surface area (Å²) in [4.78, 5) is 0. The first-order valence-corrected chi connectivity index (χ1v) is 7.17. The smallest absolute Gasteiger partial charge is 0.126 e. The molecule has 1 heterocycles. The molecule has 1 unspecified atom stereocenters. The second-order valence-corrected chi connectivity index (χ2v) is 5.13. The minimum Gasteiger partial charge on any atom is -0.389 e. The molecule has 0 aliphatic heterocycles. The first-order valence-electron chi connectivity index (χ1n) is 7.17. The Morgan fingerprint density at radius 2 is 1.76 bits per heavy atom. The van der Waals surface area contributed by atoms with Gasteiger partial charge in [0.15, 0.2) is 0 Å². The maximum absolute atomic E-state index is 13.3. The van der Waals surface area contributed by atoms with Crippen LogP contribution in [0, 0.1) is 11.6 Å². The lowest BCUT2D eigenvalue weighted by molar-refractivity contribution is 0.197. The predicted octanol–water partition coefficient (Wildman–Crippen LogP) is 3.39. The van der Waals surface area contributed by atoms with Gasteiger partial charge in [-0.1, -0.05) is 13.8 Å². The lowest BCUT2D eigenvalue weighted by atomic mass is 10.0. The van der Waals surface area contributed by atoms with Gasteiger partial charge < -0.3 is 5.11 Å². The average Bonchev–Trinajstić information content (AvgIpc) is 2.75. The molecular formula is C16H20F2N2O. The van der Waals surface area contributed by atoms with Crippen molar-refractivity contribution in [2.45, 2.75) is 46.3 Å². The van der Waals surface area contributed by atoms with Crippen molar-refractivity contribution in [1.82, 2.24) is 9.78 Å². The van der Waals surface area contributed by atoms with Crippen molar-refractivity contribution in [3.8, 4) is 0 Å². The van der Waals surface area contributed by atoms with Gasteiger partial charge in [0.1, 0.15) is 11.6 Å². The van der Waals surface area contributed by atoms with Gasteiger partial charge in [-0.3, -0.25) is 4.68 Å². The molecule has 0 radical (unpaired) electrons. The van der Waals surface area contributed by atoms with E-state index < -0.39 is 17.7 Å². The van der Waals surface area contributed by atoms with Crippen LogP contribution >= 0.6 is 0 Å².